The molecule has 0 spiro atoms. The summed E-state index contributed by atoms with van der Waals surface area (Å²) in [5.41, 5.74) is 1.48. The molecule has 2 rings (SSSR count). The van der Waals surface area contributed by atoms with Crippen LogP contribution in [0.3, 0.4) is 0 Å². The van der Waals surface area contributed by atoms with Gasteiger partial charge in [0.2, 0.25) is 0 Å². The number of aromatic nitrogens is 2. The third-order valence-corrected chi connectivity index (χ3v) is 3.21. The fraction of sp³-hybridized carbons (Fsp3) is 0.462. The van der Waals surface area contributed by atoms with E-state index in [9.17, 15) is 9.59 Å². The van der Waals surface area contributed by atoms with E-state index in [4.69, 9.17) is 5.11 Å². The smallest absolute Gasteiger partial charge is 0.319 e. The Labute approximate surface area is 116 Å². The molecule has 0 saturated carbocycles. The van der Waals surface area contributed by atoms with Gasteiger partial charge >= 0.3 is 12.0 Å². The van der Waals surface area contributed by atoms with Crippen molar-refractivity contribution < 1.29 is 14.7 Å². The third-order valence-electron chi connectivity index (χ3n) is 3.21. The van der Waals surface area contributed by atoms with Crippen LogP contribution < -0.4 is 10.6 Å². The average molecular weight is 278 g/mol. The number of hydrogen-bond acceptors (Lipinski definition) is 3. The number of carbonyl (C=O) groups is 2. The molecule has 0 aliphatic heterocycles. The quantitative estimate of drug-likeness (QED) is 0.719. The first-order valence-electron chi connectivity index (χ1n) is 6.50. The van der Waals surface area contributed by atoms with Gasteiger partial charge in [-0.15, -0.1) is 0 Å². The van der Waals surface area contributed by atoms with Crippen molar-refractivity contribution in [2.45, 2.75) is 25.8 Å². The molecule has 0 aromatic carbocycles. The Bertz CT molecular complexity index is 550. The summed E-state index contributed by atoms with van der Waals surface area (Å²) in [6.45, 7) is 1.96. The van der Waals surface area contributed by atoms with E-state index < -0.39 is 11.9 Å². The molecule has 20 heavy (non-hydrogen) atoms. The summed E-state index contributed by atoms with van der Waals surface area (Å²) in [6, 6.07) is -0.605. The molecule has 2 atom stereocenters. The summed E-state index contributed by atoms with van der Waals surface area (Å²) in [5.74, 6) is -1.39. The molecule has 0 radical (unpaired) electrons. The molecule has 1 heterocycles. The van der Waals surface area contributed by atoms with Crippen LogP contribution in [-0.2, 0) is 18.3 Å². The Morgan fingerprint density at radius 1 is 1.50 bits per heavy atom. The van der Waals surface area contributed by atoms with Crippen molar-refractivity contribution in [2.24, 2.45) is 13.0 Å². The highest BCUT2D eigenvalue weighted by molar-refractivity contribution is 5.90. The number of carbonyl (C=O) groups excluding carboxylic acids is 1. The maximum Gasteiger partial charge on any atom is 0.319 e. The number of amides is 2. The van der Waals surface area contributed by atoms with E-state index in [1.165, 1.54) is 0 Å². The normalized spacial score (nSPS) is 20.9. The molecule has 7 nitrogen and oxygen atoms in total. The summed E-state index contributed by atoms with van der Waals surface area (Å²) < 4.78 is 1.64. The topological polar surface area (TPSA) is 96.3 Å². The second kappa shape index (κ2) is 5.77. The van der Waals surface area contributed by atoms with Gasteiger partial charge in [0.05, 0.1) is 23.3 Å². The van der Waals surface area contributed by atoms with Crippen LogP contribution >= 0.6 is 0 Å². The van der Waals surface area contributed by atoms with Crippen LogP contribution in [0.1, 0.15) is 19.0 Å². The highest BCUT2D eigenvalue weighted by Gasteiger charge is 2.25. The number of nitrogens with one attached hydrogen (secondary N) is 2. The SMILES string of the molecule is CCc1nn(C)cc1NC(=O)NC1C=CC(C(=O)O)C1. The molecule has 1 aromatic heterocycles. The maximum absolute atomic E-state index is 11.9. The van der Waals surface area contributed by atoms with Gasteiger partial charge in [0.1, 0.15) is 0 Å². The summed E-state index contributed by atoms with van der Waals surface area (Å²) >= 11 is 0. The van der Waals surface area contributed by atoms with E-state index >= 15 is 0 Å². The number of anilines is 1. The molecule has 2 amide bonds. The number of hydrogen-bond donors (Lipinski definition) is 3. The monoisotopic (exact) mass is 278 g/mol. The van der Waals surface area contributed by atoms with E-state index in [1.807, 2.05) is 6.92 Å². The molecule has 3 N–H and O–H groups in total. The molecule has 0 bridgehead atoms. The van der Waals surface area contributed by atoms with Crippen molar-refractivity contribution in [3.8, 4) is 0 Å². The Kier molecular flexibility index (Phi) is 4.07. The van der Waals surface area contributed by atoms with Crippen LogP contribution in [0.4, 0.5) is 10.5 Å². The summed E-state index contributed by atoms with van der Waals surface area (Å²) in [4.78, 5) is 22.7. The van der Waals surface area contributed by atoms with Gasteiger partial charge in [0.15, 0.2) is 0 Å². The van der Waals surface area contributed by atoms with Gasteiger partial charge in [-0.25, -0.2) is 4.79 Å². The lowest BCUT2D eigenvalue weighted by Crippen LogP contribution is -2.36. The van der Waals surface area contributed by atoms with Gasteiger partial charge in [-0.3, -0.25) is 9.48 Å². The number of nitrogens with zero attached hydrogens (tertiary/aromatic N) is 2. The van der Waals surface area contributed by atoms with Crippen LogP contribution in [0.2, 0.25) is 0 Å². The van der Waals surface area contributed by atoms with Crippen molar-refractivity contribution >= 4 is 17.7 Å². The second-order valence-electron chi connectivity index (χ2n) is 4.79. The molecule has 108 valence electrons. The summed E-state index contributed by atoms with van der Waals surface area (Å²) in [7, 11) is 1.79. The van der Waals surface area contributed by atoms with Crippen LogP contribution in [0.15, 0.2) is 18.3 Å². The van der Waals surface area contributed by atoms with Crippen molar-refractivity contribution in [1.82, 2.24) is 15.1 Å². The van der Waals surface area contributed by atoms with E-state index in [0.29, 0.717) is 12.1 Å². The lowest BCUT2D eigenvalue weighted by molar-refractivity contribution is -0.140. The second-order valence-corrected chi connectivity index (χ2v) is 4.79. The average Bonchev–Trinajstić information content (AvgIpc) is 2.96. The lowest BCUT2D eigenvalue weighted by Gasteiger charge is -2.12. The highest BCUT2D eigenvalue weighted by Crippen LogP contribution is 2.18. The number of aliphatic carboxylic acids is 1. The van der Waals surface area contributed by atoms with Gasteiger partial charge in [-0.1, -0.05) is 19.1 Å². The first-order valence-corrected chi connectivity index (χ1v) is 6.50. The Morgan fingerprint density at radius 3 is 2.85 bits per heavy atom. The molecule has 0 fully saturated rings. The third kappa shape index (κ3) is 3.17. The molecule has 1 aromatic rings. The van der Waals surface area contributed by atoms with Crippen molar-refractivity contribution in [1.29, 1.82) is 0 Å². The highest BCUT2D eigenvalue weighted by atomic mass is 16.4. The Morgan fingerprint density at radius 2 is 2.25 bits per heavy atom. The first-order chi connectivity index (χ1) is 9.49. The molecule has 2 unspecified atom stereocenters. The summed E-state index contributed by atoms with van der Waals surface area (Å²) in [5, 5.41) is 18.6. The zero-order valence-electron chi connectivity index (χ0n) is 11.5. The van der Waals surface area contributed by atoms with Crippen molar-refractivity contribution in [3.05, 3.63) is 24.0 Å². The number of carboxylic acids is 1. The van der Waals surface area contributed by atoms with E-state index in [2.05, 4.69) is 15.7 Å². The van der Waals surface area contributed by atoms with Crippen LogP contribution in [0.5, 0.6) is 0 Å². The van der Waals surface area contributed by atoms with Crippen LogP contribution in [0, 0.1) is 5.92 Å². The number of aryl methyl sites for hydroxylation is 2. The number of urea groups is 1. The number of rotatable bonds is 4. The fourth-order valence-electron chi connectivity index (χ4n) is 2.22. The van der Waals surface area contributed by atoms with E-state index in [-0.39, 0.29) is 12.1 Å². The van der Waals surface area contributed by atoms with Crippen LogP contribution in [0.25, 0.3) is 0 Å². The minimum Gasteiger partial charge on any atom is -0.481 e. The Balaban J connectivity index is 1.90. The van der Waals surface area contributed by atoms with Gasteiger partial charge in [0, 0.05) is 13.2 Å². The van der Waals surface area contributed by atoms with E-state index in [0.717, 1.165) is 12.1 Å². The van der Waals surface area contributed by atoms with Gasteiger partial charge in [0.25, 0.3) is 0 Å². The fourth-order valence-corrected chi connectivity index (χ4v) is 2.22. The van der Waals surface area contributed by atoms with Crippen molar-refractivity contribution in [3.63, 3.8) is 0 Å². The van der Waals surface area contributed by atoms with Crippen LogP contribution in [-0.4, -0.2) is 32.9 Å². The summed E-state index contributed by atoms with van der Waals surface area (Å²) in [6.07, 6.45) is 6.16. The minimum atomic E-state index is -0.869. The lowest BCUT2D eigenvalue weighted by atomic mass is 10.1. The predicted molar refractivity (Wildman–Crippen MR) is 73.4 cm³/mol. The van der Waals surface area contributed by atoms with E-state index in [1.54, 1.807) is 30.1 Å². The minimum absolute atomic E-state index is 0.252. The zero-order chi connectivity index (χ0) is 14.7. The number of carboxylic acid groups (broad SMARTS) is 1. The molecule has 0 saturated heterocycles. The zero-order valence-corrected chi connectivity index (χ0v) is 11.5. The van der Waals surface area contributed by atoms with Gasteiger partial charge < -0.3 is 15.7 Å². The molecule has 1 aliphatic carbocycles. The van der Waals surface area contributed by atoms with Crippen molar-refractivity contribution in [2.75, 3.05) is 5.32 Å². The molecular formula is C13H18N4O3. The maximum atomic E-state index is 11.9. The standard InChI is InChI=1S/C13H18N4O3/c1-3-10-11(7-17(2)16-10)15-13(20)14-9-5-4-8(6-9)12(18)19/h4-5,7-9H,3,6H2,1-2H3,(H,18,19)(H2,14,15,20). The Hall–Kier alpha value is -2.31. The van der Waals surface area contributed by atoms with Gasteiger partial charge in [-0.05, 0) is 12.8 Å². The largest absolute Gasteiger partial charge is 0.481 e. The first kappa shape index (κ1) is 14.1. The molecular weight excluding hydrogens is 260 g/mol. The molecule has 1 aliphatic rings. The molecule has 7 heteroatoms. The predicted octanol–water partition coefficient (Wildman–Crippen LogP) is 1.13. The van der Waals surface area contributed by atoms with Gasteiger partial charge in [-0.2, -0.15) is 5.10 Å².